The second kappa shape index (κ2) is 3.11. The smallest absolute Gasteiger partial charge is 0.247 e. The second-order valence-electron chi connectivity index (χ2n) is 1.89. The topological polar surface area (TPSA) is 12.9 Å². The van der Waals surface area contributed by atoms with Crippen molar-refractivity contribution in [1.82, 2.24) is 4.98 Å². The van der Waals surface area contributed by atoms with Crippen molar-refractivity contribution in [3.63, 3.8) is 0 Å². The Hall–Kier alpha value is -1.43. The summed E-state index contributed by atoms with van der Waals surface area (Å²) in [7, 11) is 0. The van der Waals surface area contributed by atoms with Gasteiger partial charge >= 0.3 is 0 Å². The third kappa shape index (κ3) is 1.53. The number of hydrogen-bond donors (Lipinski definition) is 0. The highest BCUT2D eigenvalue weighted by molar-refractivity contribution is 5.33. The summed E-state index contributed by atoms with van der Waals surface area (Å²) < 4.78 is 24.2. The third-order valence-corrected chi connectivity index (χ3v) is 1.21. The lowest BCUT2D eigenvalue weighted by Crippen LogP contribution is -1.92. The minimum atomic E-state index is -2.55. The summed E-state index contributed by atoms with van der Waals surface area (Å²) in [5.74, 6) is 2.09. The minimum absolute atomic E-state index is 0.0162. The number of aromatic nitrogens is 1. The van der Waals surface area contributed by atoms with E-state index in [4.69, 9.17) is 6.42 Å². The predicted molar refractivity (Wildman–Crippen MR) is 37.1 cm³/mol. The normalized spacial score (nSPS) is 9.64. The van der Waals surface area contributed by atoms with Crippen LogP contribution in [0.2, 0.25) is 0 Å². The number of nitrogens with zero attached hydrogens (tertiary/aromatic N) is 1. The number of rotatable bonds is 1. The lowest BCUT2D eigenvalue weighted by molar-refractivity contribution is 0.150. The molecule has 1 heterocycles. The van der Waals surface area contributed by atoms with Gasteiger partial charge in [0.15, 0.2) is 0 Å². The molecule has 1 nitrogen and oxygen atoms in total. The molecule has 3 heteroatoms. The average Bonchev–Trinajstić information content (AvgIpc) is 2.04. The van der Waals surface area contributed by atoms with Gasteiger partial charge in [-0.05, 0) is 18.1 Å². The first-order valence-corrected chi connectivity index (χ1v) is 2.95. The van der Waals surface area contributed by atoms with Gasteiger partial charge in [0.2, 0.25) is 0 Å². The van der Waals surface area contributed by atoms with E-state index < -0.39 is 6.43 Å². The van der Waals surface area contributed by atoms with Gasteiger partial charge in [-0.3, -0.25) is 0 Å². The van der Waals surface area contributed by atoms with Crippen LogP contribution in [0.25, 0.3) is 0 Å². The Balaban J connectivity index is 3.15. The Morgan fingerprint density at radius 1 is 1.55 bits per heavy atom. The van der Waals surface area contributed by atoms with Crippen LogP contribution in [0.1, 0.15) is 17.7 Å². The summed E-state index contributed by atoms with van der Waals surface area (Å²) in [6.45, 7) is 0. The predicted octanol–water partition coefficient (Wildman–Crippen LogP) is 2.00. The molecule has 0 amide bonds. The largest absolute Gasteiger partial charge is 0.266 e. The second-order valence-corrected chi connectivity index (χ2v) is 1.89. The van der Waals surface area contributed by atoms with Crippen LogP contribution in [0.4, 0.5) is 8.78 Å². The zero-order valence-corrected chi connectivity index (χ0v) is 5.59. The third-order valence-electron chi connectivity index (χ3n) is 1.21. The molecule has 0 aliphatic rings. The lowest BCUT2D eigenvalue weighted by atomic mass is 10.2. The zero-order chi connectivity index (χ0) is 8.27. The van der Waals surface area contributed by atoms with Gasteiger partial charge in [-0.2, -0.15) is 0 Å². The van der Waals surface area contributed by atoms with Crippen LogP contribution in [0, 0.1) is 12.3 Å². The summed E-state index contributed by atoms with van der Waals surface area (Å²) in [5, 5.41) is 0. The van der Waals surface area contributed by atoms with Crippen molar-refractivity contribution in [2.45, 2.75) is 6.43 Å². The molecule has 0 aliphatic heterocycles. The minimum Gasteiger partial charge on any atom is -0.247 e. The molecule has 0 radical (unpaired) electrons. The summed E-state index contributed by atoms with van der Waals surface area (Å²) >= 11 is 0. The van der Waals surface area contributed by atoms with Crippen LogP contribution >= 0.6 is 0 Å². The summed E-state index contributed by atoms with van der Waals surface area (Å²) in [6.07, 6.45) is 3.79. The van der Waals surface area contributed by atoms with Crippen LogP contribution in [0.15, 0.2) is 18.3 Å². The summed E-state index contributed by atoms with van der Waals surface area (Å²) in [5.41, 5.74) is -0.169. The Morgan fingerprint density at radius 2 is 2.27 bits per heavy atom. The Bertz CT molecular complexity index is 288. The van der Waals surface area contributed by atoms with E-state index in [1.54, 1.807) is 0 Å². The maximum atomic E-state index is 12.1. The van der Waals surface area contributed by atoms with Gasteiger partial charge in [0, 0.05) is 6.20 Å². The fourth-order valence-corrected chi connectivity index (χ4v) is 0.714. The fraction of sp³-hybridized carbons (Fsp3) is 0.125. The zero-order valence-electron chi connectivity index (χ0n) is 5.59. The van der Waals surface area contributed by atoms with Crippen LogP contribution in [0.3, 0.4) is 0 Å². The van der Waals surface area contributed by atoms with Gasteiger partial charge < -0.3 is 0 Å². The number of pyridine rings is 1. The van der Waals surface area contributed by atoms with E-state index in [9.17, 15) is 8.78 Å². The highest BCUT2D eigenvalue weighted by atomic mass is 19.3. The molecular formula is C8H5F2N. The molecule has 0 spiro atoms. The molecule has 56 valence electrons. The maximum absolute atomic E-state index is 12.1. The molecule has 0 aliphatic carbocycles. The van der Waals surface area contributed by atoms with Crippen LogP contribution in [-0.4, -0.2) is 4.98 Å². The molecule has 0 unspecified atom stereocenters. The number of hydrogen-bond acceptors (Lipinski definition) is 1. The first kappa shape index (κ1) is 7.67. The molecule has 0 saturated carbocycles. The molecule has 0 aromatic carbocycles. The van der Waals surface area contributed by atoms with E-state index in [0.29, 0.717) is 0 Å². The molecule has 0 N–H and O–H groups in total. The van der Waals surface area contributed by atoms with E-state index in [-0.39, 0.29) is 11.3 Å². The van der Waals surface area contributed by atoms with Crippen molar-refractivity contribution < 1.29 is 8.78 Å². The van der Waals surface area contributed by atoms with Gasteiger partial charge in [-0.25, -0.2) is 13.8 Å². The number of alkyl halides is 2. The van der Waals surface area contributed by atoms with Gasteiger partial charge in [0.05, 0.1) is 5.56 Å². The fourth-order valence-electron chi connectivity index (χ4n) is 0.714. The quantitative estimate of drug-likeness (QED) is 0.562. The standard InChI is InChI=1S/C8H5F2N/c1-2-7-6(8(9)10)4-3-5-11-7/h1,3-5,8H. The monoisotopic (exact) mass is 153 g/mol. The molecule has 0 atom stereocenters. The number of halogens is 2. The summed E-state index contributed by atoms with van der Waals surface area (Å²) in [4.78, 5) is 3.60. The van der Waals surface area contributed by atoms with Crippen LogP contribution in [-0.2, 0) is 0 Å². The number of terminal acetylenes is 1. The Morgan fingerprint density at radius 3 is 2.73 bits per heavy atom. The molecule has 1 aromatic heterocycles. The molecule has 11 heavy (non-hydrogen) atoms. The molecular weight excluding hydrogens is 148 g/mol. The lowest BCUT2D eigenvalue weighted by Gasteiger charge is -1.99. The van der Waals surface area contributed by atoms with Crippen molar-refractivity contribution in [3.05, 3.63) is 29.6 Å². The van der Waals surface area contributed by atoms with Crippen molar-refractivity contribution in [2.24, 2.45) is 0 Å². The first-order chi connectivity index (χ1) is 5.25. The van der Waals surface area contributed by atoms with Gasteiger partial charge in [0.1, 0.15) is 5.69 Å². The van der Waals surface area contributed by atoms with E-state index in [2.05, 4.69) is 10.9 Å². The highest BCUT2D eigenvalue weighted by Crippen LogP contribution is 2.19. The summed E-state index contributed by atoms with van der Waals surface area (Å²) in [6, 6.07) is 2.70. The molecule has 0 bridgehead atoms. The van der Waals surface area contributed by atoms with Gasteiger partial charge in [0.25, 0.3) is 6.43 Å². The SMILES string of the molecule is C#Cc1ncccc1C(F)F. The Kier molecular flexibility index (Phi) is 2.17. The van der Waals surface area contributed by atoms with Gasteiger partial charge in [-0.1, -0.05) is 0 Å². The molecule has 1 aromatic rings. The Labute approximate surface area is 63.1 Å². The van der Waals surface area contributed by atoms with Crippen molar-refractivity contribution in [3.8, 4) is 12.3 Å². The van der Waals surface area contributed by atoms with E-state index in [0.717, 1.165) is 0 Å². The van der Waals surface area contributed by atoms with E-state index in [1.165, 1.54) is 18.3 Å². The molecule has 1 rings (SSSR count). The van der Waals surface area contributed by atoms with Crippen molar-refractivity contribution in [2.75, 3.05) is 0 Å². The van der Waals surface area contributed by atoms with Crippen molar-refractivity contribution in [1.29, 1.82) is 0 Å². The van der Waals surface area contributed by atoms with Gasteiger partial charge in [-0.15, -0.1) is 6.42 Å². The highest BCUT2D eigenvalue weighted by Gasteiger charge is 2.10. The maximum Gasteiger partial charge on any atom is 0.266 e. The van der Waals surface area contributed by atoms with E-state index >= 15 is 0 Å². The molecule has 0 fully saturated rings. The van der Waals surface area contributed by atoms with Crippen molar-refractivity contribution >= 4 is 0 Å². The van der Waals surface area contributed by atoms with Crippen LogP contribution in [0.5, 0.6) is 0 Å². The van der Waals surface area contributed by atoms with E-state index in [1.807, 2.05) is 0 Å². The van der Waals surface area contributed by atoms with Crippen LogP contribution < -0.4 is 0 Å². The first-order valence-electron chi connectivity index (χ1n) is 2.95. The average molecular weight is 153 g/mol. The molecule has 0 saturated heterocycles.